The molecular weight excluding hydrogens is 1910 g/mol. The molecule has 0 saturated carbocycles. The number of methoxy groups -OCH3 is 3. The molecule has 0 aromatic heterocycles. The first-order chi connectivity index (χ1) is 66.7. The summed E-state index contributed by atoms with van der Waals surface area (Å²) in [6, 6.07) is 0. The lowest BCUT2D eigenvalue weighted by Crippen LogP contribution is -2.34. The Bertz CT molecular complexity index is 3990. The van der Waals surface area contributed by atoms with Crippen LogP contribution in [0.3, 0.4) is 0 Å². The molecule has 7 N–H and O–H groups in total. The molecule has 146 heavy (non-hydrogen) atoms. The predicted octanol–water partition coefficient (Wildman–Crippen LogP) is 7.88. The lowest BCUT2D eigenvalue weighted by Gasteiger charge is -2.14. The van der Waals surface area contributed by atoms with Crippen molar-refractivity contribution in [2.75, 3.05) is 179 Å². The summed E-state index contributed by atoms with van der Waals surface area (Å²) in [7, 11) is 3.75. The van der Waals surface area contributed by atoms with Gasteiger partial charge in [0.05, 0.1) is 47.6 Å². The third-order valence-corrected chi connectivity index (χ3v) is 21.6. The van der Waals surface area contributed by atoms with Gasteiger partial charge in [-0.1, -0.05) is 90.5 Å². The molecule has 830 valence electrons. The molecule has 44 nitrogen and oxygen atoms in total. The smallest absolute Gasteiger partial charge is 0.331 e. The fourth-order valence-electron chi connectivity index (χ4n) is 14.1. The van der Waals surface area contributed by atoms with Crippen molar-refractivity contribution in [3.05, 3.63) is 85.1 Å². The van der Waals surface area contributed by atoms with Crippen molar-refractivity contribution >= 4 is 131 Å². The highest BCUT2D eigenvalue weighted by atomic mass is 16.6. The molecule has 8 rings (SSSR count). The van der Waals surface area contributed by atoms with Crippen molar-refractivity contribution < 1.29 is 154 Å². The molecule has 8 aliphatic rings. The highest BCUT2D eigenvalue weighted by Gasteiger charge is 2.26. The number of unbranched alkanes of at least 4 members (excludes halogenated alkanes) is 12. The summed E-state index contributed by atoms with van der Waals surface area (Å²) in [6.07, 6.45) is 41.4. The Morgan fingerprint density at radius 3 is 0.623 bits per heavy atom. The second-order valence-electron chi connectivity index (χ2n) is 32.3. The SMILES string of the molecule is C.C.C.C.C.C.C.COC(=O)C=CC(=O)NCCCCCCN1CCCC1=O.COC(=O)C=CC(=O)NCCN1CCCC1=O.COC(=O)C=CC(=O)OCCCCCCN1CCCC1=O.O=C(C=CC(=O)OCCN1CCCC1=O)OCCN1CCCC1=O.O=C(O)C=CC(=O)NCCCCCCN1CCCC1=O.O=C(O)C=CC(=O)NCCN1CCCC1=O.O=C(O)C=CC(=O)OCCCCCCN1CCCC1=O. The van der Waals surface area contributed by atoms with Gasteiger partial charge in [-0.15, -0.1) is 0 Å². The van der Waals surface area contributed by atoms with Crippen LogP contribution in [0.15, 0.2) is 85.1 Å². The Morgan fingerprint density at radius 2 is 0.397 bits per heavy atom. The van der Waals surface area contributed by atoms with E-state index in [2.05, 4.69) is 35.5 Å². The summed E-state index contributed by atoms with van der Waals surface area (Å²) < 4.78 is 32.7. The average molecular weight is 2080 g/mol. The third-order valence-electron chi connectivity index (χ3n) is 21.6. The maximum atomic E-state index is 11.5. The molecule has 0 aliphatic carbocycles. The van der Waals surface area contributed by atoms with Gasteiger partial charge in [-0.25, -0.2) is 47.9 Å². The number of esters is 7. The molecule has 8 saturated heterocycles. The number of hydrogen-bond acceptors (Lipinski definition) is 29. The first-order valence-electron chi connectivity index (χ1n) is 47.4. The number of carboxylic acid groups (broad SMARTS) is 3. The fraction of sp³-hybridized carbons (Fsp3) is 0.647. The van der Waals surface area contributed by atoms with Gasteiger partial charge < -0.3 is 109 Å². The van der Waals surface area contributed by atoms with Crippen molar-refractivity contribution in [2.24, 2.45) is 0 Å². The van der Waals surface area contributed by atoms with Gasteiger partial charge in [-0.2, -0.15) is 0 Å². The molecule has 0 atom stereocenters. The summed E-state index contributed by atoms with van der Waals surface area (Å²) in [4.78, 5) is 258. The van der Waals surface area contributed by atoms with Crippen molar-refractivity contribution in [3.8, 4) is 0 Å². The number of rotatable bonds is 54. The molecule has 0 unspecified atom stereocenters. The summed E-state index contributed by atoms with van der Waals surface area (Å²) in [6.45, 7) is 14.2. The van der Waals surface area contributed by atoms with Crippen molar-refractivity contribution in [1.82, 2.24) is 60.5 Å². The minimum Gasteiger partial charge on any atom is -0.478 e. The highest BCUT2D eigenvalue weighted by Crippen LogP contribution is 2.18. The summed E-state index contributed by atoms with van der Waals surface area (Å²) >= 11 is 0. The minimum atomic E-state index is -1.17. The zero-order chi connectivity index (χ0) is 103. The van der Waals surface area contributed by atoms with Crippen molar-refractivity contribution in [2.45, 2.75) is 257 Å². The summed E-state index contributed by atoms with van der Waals surface area (Å²) in [5, 5.41) is 35.3. The van der Waals surface area contributed by atoms with Crippen LogP contribution in [0.4, 0.5) is 0 Å². The van der Waals surface area contributed by atoms with E-state index >= 15 is 0 Å². The lowest BCUT2D eigenvalue weighted by molar-refractivity contribution is -0.142. The van der Waals surface area contributed by atoms with E-state index in [1.807, 2.05) is 19.6 Å². The van der Waals surface area contributed by atoms with E-state index in [0.29, 0.717) is 130 Å². The van der Waals surface area contributed by atoms with Gasteiger partial charge in [0.25, 0.3) is 0 Å². The van der Waals surface area contributed by atoms with Gasteiger partial charge >= 0.3 is 59.7 Å². The molecule has 44 heteroatoms. The van der Waals surface area contributed by atoms with Crippen LogP contribution in [0.25, 0.3) is 0 Å². The van der Waals surface area contributed by atoms with Crippen molar-refractivity contribution in [3.63, 3.8) is 0 Å². The van der Waals surface area contributed by atoms with Gasteiger partial charge in [0.15, 0.2) is 0 Å². The fourth-order valence-corrected chi connectivity index (χ4v) is 14.1. The standard InChI is InChI=1S/C16H22N2O6.C15H24N2O4.C15H23NO5.C14H22N2O4.C14H21NO5.C11H16N2O4.C10H14N2O4.7CH4/c19-13-3-1-7-17(13)9-11-23-15(21)5-6-16(22)24-12-10-18-8-2-4-14(18)20;1-21-15(20)9-8-13(18)16-10-4-2-3-5-11-17-12-6-7-14(17)19;1-20-14(18)8-9-15(19)21-12-5-3-2-4-10-16-11-6-7-13(16)17;17-12(7-8-14(19)20)15-9-3-1-2-4-10-16-11-5-6-13(16)18;16-12-6-5-10-15(12)9-3-1-2-4-11-20-14(19)8-7-13(17)18;1-17-11(16)5-4-9(14)12-6-8-13-7-2-3-10(13)15;13-8(3-4-10(15)16)11-5-7-12-6-1-2-9(12)14;;;;;;;/h5-6H,1-4,7-12H2;8-9H,2-7,10-12H2,1H3,(H,16,18);8-9H,2-7,10-12H2,1H3;7-8H,1-6,9-11H2,(H,15,17)(H,19,20);7-8H,1-6,9-11H2,(H,17,18);4-5H,2-3,6-8H2,1H3,(H,12,14);3-4H,1-2,5-7H2,(H,11,13)(H,15,16);7*1H4. The zero-order valence-electron chi connectivity index (χ0n) is 80.4. The molecule has 0 bridgehead atoms. The Kier molecular flexibility index (Phi) is 88.6. The largest absolute Gasteiger partial charge is 0.478 e. The lowest BCUT2D eigenvalue weighted by atomic mass is 10.2. The van der Waals surface area contributed by atoms with Gasteiger partial charge in [-0.05, 0) is 116 Å². The van der Waals surface area contributed by atoms with Crippen LogP contribution in [0, 0.1) is 0 Å². The van der Waals surface area contributed by atoms with E-state index in [1.165, 1.54) is 27.4 Å². The number of carboxylic acids is 3. The number of carbonyl (C=O) groups excluding carboxylic acids is 19. The van der Waals surface area contributed by atoms with Gasteiger partial charge in [-0.3, -0.25) is 57.5 Å². The number of nitrogens with zero attached hydrogens (tertiary/aromatic N) is 8. The van der Waals surface area contributed by atoms with E-state index in [0.717, 1.165) is 299 Å². The third kappa shape index (κ3) is 74.4. The summed E-state index contributed by atoms with van der Waals surface area (Å²) in [5.41, 5.74) is 0. The molecule has 0 radical (unpaired) electrons. The first-order valence-corrected chi connectivity index (χ1v) is 47.4. The quantitative estimate of drug-likeness (QED) is 0.0132. The Morgan fingerprint density at radius 1 is 0.219 bits per heavy atom. The molecular formula is C102H170N12O32. The maximum absolute atomic E-state index is 11.5. The van der Waals surface area contributed by atoms with E-state index in [4.69, 9.17) is 34.3 Å². The van der Waals surface area contributed by atoms with Gasteiger partial charge in [0.1, 0.15) is 13.2 Å². The highest BCUT2D eigenvalue weighted by molar-refractivity contribution is 5.97. The second kappa shape index (κ2) is 90.3. The van der Waals surface area contributed by atoms with Crippen molar-refractivity contribution in [1.29, 1.82) is 0 Å². The first kappa shape index (κ1) is 143. The molecule has 0 spiro atoms. The molecule has 0 aromatic carbocycles. The van der Waals surface area contributed by atoms with E-state index in [-0.39, 0.29) is 130 Å². The number of ether oxygens (including phenoxy) is 7. The Hall–Kier alpha value is -13.5. The van der Waals surface area contributed by atoms with Crippen LogP contribution in [-0.2, 0) is 139 Å². The average Bonchev–Trinajstić information content (AvgIpc) is 1.80. The number of likely N-dealkylation sites (tertiary alicyclic amines) is 8. The molecule has 8 fully saturated rings. The normalized spacial score (nSPS) is 14.8. The van der Waals surface area contributed by atoms with Gasteiger partial charge in [0, 0.05) is 254 Å². The van der Waals surface area contributed by atoms with Crippen LogP contribution >= 0.6 is 0 Å². The topological polar surface area (TPSA) is 575 Å². The van der Waals surface area contributed by atoms with Crippen LogP contribution < -0.4 is 21.3 Å². The number of carbonyl (C=O) groups is 22. The van der Waals surface area contributed by atoms with Crippen LogP contribution in [-0.4, -0.2) is 364 Å². The number of hydrogen-bond donors (Lipinski definition) is 7. The Labute approximate surface area is 862 Å². The second-order valence-corrected chi connectivity index (χ2v) is 32.3. The zero-order valence-corrected chi connectivity index (χ0v) is 80.4. The molecule has 12 amide bonds. The van der Waals surface area contributed by atoms with Crippen LogP contribution in [0.5, 0.6) is 0 Å². The number of amides is 12. The molecule has 0 aromatic rings. The van der Waals surface area contributed by atoms with Gasteiger partial charge in [0.2, 0.25) is 70.9 Å². The van der Waals surface area contributed by atoms with Crippen LogP contribution in [0.2, 0.25) is 0 Å². The predicted molar refractivity (Wildman–Crippen MR) is 546 cm³/mol. The Balaban J connectivity index is -0.000000390. The monoisotopic (exact) mass is 2080 g/mol. The number of aliphatic carboxylic acids is 3. The molecule has 8 aliphatic heterocycles. The maximum Gasteiger partial charge on any atom is 0.331 e. The van der Waals surface area contributed by atoms with E-state index in [9.17, 15) is 105 Å². The van der Waals surface area contributed by atoms with Crippen LogP contribution in [0.1, 0.15) is 257 Å². The summed E-state index contributed by atoms with van der Waals surface area (Å²) in [5.74, 6) is -7.70. The molecule has 8 heterocycles. The number of nitrogens with one attached hydrogen (secondary N) is 4. The van der Waals surface area contributed by atoms with E-state index in [1.54, 1.807) is 19.6 Å². The minimum absolute atomic E-state index is 0. The van der Waals surface area contributed by atoms with E-state index < -0.39 is 65.6 Å².